The molecular formula is C13H16N2. The first-order valence-electron chi connectivity index (χ1n) is 5.32. The molecule has 1 aromatic heterocycles. The minimum absolute atomic E-state index is 0.539. The van der Waals surface area contributed by atoms with Crippen LogP contribution in [0, 0.1) is 13.8 Å². The first-order chi connectivity index (χ1) is 7.09. The van der Waals surface area contributed by atoms with Gasteiger partial charge in [-0.3, -0.25) is 4.98 Å². The Hall–Kier alpha value is -1.44. The van der Waals surface area contributed by atoms with Gasteiger partial charge in [-0.1, -0.05) is 19.9 Å². The molecule has 0 bridgehead atoms. The van der Waals surface area contributed by atoms with Crippen LogP contribution in [0.1, 0.15) is 36.6 Å². The third kappa shape index (κ3) is 1.72. The van der Waals surface area contributed by atoms with E-state index in [1.807, 2.05) is 13.1 Å². The Kier molecular flexibility index (Phi) is 2.43. The van der Waals surface area contributed by atoms with E-state index >= 15 is 0 Å². The van der Waals surface area contributed by atoms with Crippen LogP contribution in [0.2, 0.25) is 0 Å². The molecule has 0 spiro atoms. The van der Waals surface area contributed by atoms with E-state index in [1.165, 1.54) is 11.1 Å². The minimum Gasteiger partial charge on any atom is -0.252 e. The van der Waals surface area contributed by atoms with E-state index in [2.05, 4.69) is 42.9 Å². The Morgan fingerprint density at radius 1 is 1.13 bits per heavy atom. The summed E-state index contributed by atoms with van der Waals surface area (Å²) in [6, 6.07) is 4.23. The quantitative estimate of drug-likeness (QED) is 0.705. The smallest absolute Gasteiger partial charge is 0.0918 e. The molecular weight excluding hydrogens is 184 g/mol. The van der Waals surface area contributed by atoms with Gasteiger partial charge in [-0.25, -0.2) is 4.98 Å². The maximum absolute atomic E-state index is 4.47. The second-order valence-electron chi connectivity index (χ2n) is 4.31. The molecule has 2 heteroatoms. The van der Waals surface area contributed by atoms with Crippen molar-refractivity contribution in [1.29, 1.82) is 0 Å². The van der Waals surface area contributed by atoms with Gasteiger partial charge in [0.2, 0.25) is 0 Å². The van der Waals surface area contributed by atoms with Crippen LogP contribution in [-0.4, -0.2) is 9.97 Å². The lowest BCUT2D eigenvalue weighted by Crippen LogP contribution is -1.96. The normalized spacial score (nSPS) is 11.3. The van der Waals surface area contributed by atoms with Crippen molar-refractivity contribution in [3.8, 4) is 0 Å². The van der Waals surface area contributed by atoms with Gasteiger partial charge in [0.15, 0.2) is 0 Å². The molecule has 1 heterocycles. The van der Waals surface area contributed by atoms with Crippen LogP contribution >= 0.6 is 0 Å². The fraction of sp³-hybridized carbons (Fsp3) is 0.385. The Morgan fingerprint density at radius 3 is 2.53 bits per heavy atom. The summed E-state index contributed by atoms with van der Waals surface area (Å²) >= 11 is 0. The van der Waals surface area contributed by atoms with Gasteiger partial charge in [-0.2, -0.15) is 0 Å². The topological polar surface area (TPSA) is 25.8 Å². The average molecular weight is 200 g/mol. The molecule has 78 valence electrons. The van der Waals surface area contributed by atoms with E-state index in [0.717, 1.165) is 16.7 Å². The summed E-state index contributed by atoms with van der Waals surface area (Å²) in [6.45, 7) is 8.51. The molecule has 0 amide bonds. The van der Waals surface area contributed by atoms with Crippen LogP contribution in [0.5, 0.6) is 0 Å². The highest BCUT2D eigenvalue weighted by molar-refractivity contribution is 5.79. The average Bonchev–Trinajstić information content (AvgIpc) is 2.17. The number of nitrogens with zero attached hydrogens (tertiary/aromatic N) is 2. The highest BCUT2D eigenvalue weighted by Gasteiger charge is 2.08. The zero-order chi connectivity index (χ0) is 11.0. The van der Waals surface area contributed by atoms with Crippen LogP contribution in [0.3, 0.4) is 0 Å². The summed E-state index contributed by atoms with van der Waals surface area (Å²) < 4.78 is 0. The Bertz CT molecular complexity index is 501. The molecule has 0 atom stereocenters. The van der Waals surface area contributed by atoms with Crippen molar-refractivity contribution in [1.82, 2.24) is 9.97 Å². The van der Waals surface area contributed by atoms with Crippen molar-refractivity contribution in [2.45, 2.75) is 33.6 Å². The van der Waals surface area contributed by atoms with E-state index < -0.39 is 0 Å². The van der Waals surface area contributed by atoms with Crippen molar-refractivity contribution in [3.63, 3.8) is 0 Å². The van der Waals surface area contributed by atoms with Gasteiger partial charge >= 0.3 is 0 Å². The molecule has 1 aromatic carbocycles. The molecule has 0 aliphatic heterocycles. The summed E-state index contributed by atoms with van der Waals surface area (Å²) in [5.41, 5.74) is 5.62. The van der Waals surface area contributed by atoms with Crippen molar-refractivity contribution < 1.29 is 0 Å². The Balaban J connectivity index is 2.74. The largest absolute Gasteiger partial charge is 0.252 e. The van der Waals surface area contributed by atoms with E-state index in [4.69, 9.17) is 0 Å². The number of rotatable bonds is 1. The lowest BCUT2D eigenvalue weighted by molar-refractivity contribution is 0.858. The number of hydrogen-bond donors (Lipinski definition) is 0. The standard InChI is InChI=1S/C13H16N2/c1-8(2)11-5-6-12-13(10(11)4)14-7-9(3)15-12/h5-8H,1-4H3. The molecule has 0 unspecified atom stereocenters. The van der Waals surface area contributed by atoms with Crippen molar-refractivity contribution in [2.24, 2.45) is 0 Å². The van der Waals surface area contributed by atoms with Gasteiger partial charge in [0.1, 0.15) is 0 Å². The second-order valence-corrected chi connectivity index (χ2v) is 4.31. The molecule has 0 N–H and O–H groups in total. The minimum atomic E-state index is 0.539. The molecule has 2 nitrogen and oxygen atoms in total. The van der Waals surface area contributed by atoms with Crippen LogP contribution in [-0.2, 0) is 0 Å². The molecule has 0 fully saturated rings. The van der Waals surface area contributed by atoms with Gasteiger partial charge in [0.05, 0.1) is 16.7 Å². The number of fused-ring (bicyclic) bond motifs is 1. The summed E-state index contributed by atoms with van der Waals surface area (Å²) in [7, 11) is 0. The zero-order valence-corrected chi connectivity index (χ0v) is 9.70. The summed E-state index contributed by atoms with van der Waals surface area (Å²) in [4.78, 5) is 8.94. The van der Waals surface area contributed by atoms with Crippen molar-refractivity contribution >= 4 is 11.0 Å². The van der Waals surface area contributed by atoms with E-state index in [9.17, 15) is 0 Å². The first-order valence-corrected chi connectivity index (χ1v) is 5.32. The maximum atomic E-state index is 4.47. The highest BCUT2D eigenvalue weighted by Crippen LogP contribution is 2.24. The lowest BCUT2D eigenvalue weighted by Gasteiger charge is -2.11. The number of aryl methyl sites for hydroxylation is 2. The Morgan fingerprint density at radius 2 is 1.87 bits per heavy atom. The van der Waals surface area contributed by atoms with E-state index in [1.54, 1.807) is 0 Å². The summed E-state index contributed by atoms with van der Waals surface area (Å²) in [5.74, 6) is 0.539. The number of aromatic nitrogens is 2. The van der Waals surface area contributed by atoms with Crippen molar-refractivity contribution in [2.75, 3.05) is 0 Å². The van der Waals surface area contributed by atoms with Gasteiger partial charge in [-0.15, -0.1) is 0 Å². The zero-order valence-electron chi connectivity index (χ0n) is 9.70. The molecule has 0 saturated carbocycles. The van der Waals surface area contributed by atoms with Crippen LogP contribution < -0.4 is 0 Å². The number of benzene rings is 1. The monoisotopic (exact) mass is 200 g/mol. The van der Waals surface area contributed by atoms with Gasteiger partial charge in [0, 0.05) is 6.20 Å². The van der Waals surface area contributed by atoms with Gasteiger partial charge in [-0.05, 0) is 37.0 Å². The third-order valence-electron chi connectivity index (χ3n) is 2.75. The van der Waals surface area contributed by atoms with Gasteiger partial charge < -0.3 is 0 Å². The van der Waals surface area contributed by atoms with Crippen LogP contribution in [0.15, 0.2) is 18.3 Å². The predicted molar refractivity (Wildman–Crippen MR) is 63.1 cm³/mol. The fourth-order valence-corrected chi connectivity index (χ4v) is 1.96. The molecule has 0 aliphatic rings. The van der Waals surface area contributed by atoms with E-state index in [-0.39, 0.29) is 0 Å². The number of hydrogen-bond acceptors (Lipinski definition) is 2. The molecule has 0 aliphatic carbocycles. The van der Waals surface area contributed by atoms with Crippen LogP contribution in [0.25, 0.3) is 11.0 Å². The summed E-state index contributed by atoms with van der Waals surface area (Å²) in [5, 5.41) is 0. The maximum Gasteiger partial charge on any atom is 0.0918 e. The molecule has 0 radical (unpaired) electrons. The predicted octanol–water partition coefficient (Wildman–Crippen LogP) is 3.37. The molecule has 15 heavy (non-hydrogen) atoms. The molecule has 0 saturated heterocycles. The fourth-order valence-electron chi connectivity index (χ4n) is 1.96. The summed E-state index contributed by atoms with van der Waals surface area (Å²) in [6.07, 6.45) is 1.83. The van der Waals surface area contributed by atoms with E-state index in [0.29, 0.717) is 5.92 Å². The third-order valence-corrected chi connectivity index (χ3v) is 2.75. The lowest BCUT2D eigenvalue weighted by atomic mass is 9.97. The highest BCUT2D eigenvalue weighted by atomic mass is 14.8. The molecule has 2 rings (SSSR count). The van der Waals surface area contributed by atoms with Gasteiger partial charge in [0.25, 0.3) is 0 Å². The molecule has 2 aromatic rings. The Labute approximate surface area is 90.4 Å². The van der Waals surface area contributed by atoms with Crippen molar-refractivity contribution in [3.05, 3.63) is 35.2 Å². The SMILES string of the molecule is Cc1cnc2c(C)c(C(C)C)ccc2n1. The van der Waals surface area contributed by atoms with Crippen LogP contribution in [0.4, 0.5) is 0 Å². The second kappa shape index (κ2) is 3.61. The first kappa shape index (κ1) is 10.1.